The minimum atomic E-state index is -0.914. The first-order chi connectivity index (χ1) is 27.5. The van der Waals surface area contributed by atoms with Gasteiger partial charge in [0.2, 0.25) is 5.95 Å². The summed E-state index contributed by atoms with van der Waals surface area (Å²) in [6.45, 7) is 12.7. The van der Waals surface area contributed by atoms with Gasteiger partial charge in [-0.1, -0.05) is 85.6 Å². The van der Waals surface area contributed by atoms with Crippen molar-refractivity contribution >= 4 is 63.0 Å². The number of anilines is 1. The van der Waals surface area contributed by atoms with Crippen LogP contribution in [0.1, 0.15) is 79.1 Å². The smallest absolute Gasteiger partial charge is 0.316 e. The average molecular weight is 891 g/mol. The number of hydrogen-bond donors (Lipinski definition) is 4. The van der Waals surface area contributed by atoms with Crippen LogP contribution in [0.3, 0.4) is 0 Å². The molecule has 0 amide bonds. The van der Waals surface area contributed by atoms with Gasteiger partial charge >= 0.3 is 11.9 Å². The fourth-order valence-electron chi connectivity index (χ4n) is 4.01. The van der Waals surface area contributed by atoms with Gasteiger partial charge in [-0.2, -0.15) is 15.0 Å². The fourth-order valence-corrected chi connectivity index (χ4v) is 6.79. The van der Waals surface area contributed by atoms with E-state index in [9.17, 15) is 30.0 Å². The van der Waals surface area contributed by atoms with E-state index in [1.807, 2.05) is 20.1 Å². The van der Waals surface area contributed by atoms with Crippen LogP contribution in [0.15, 0.2) is 10.3 Å². The molecule has 0 radical (unpaired) electrons. The van der Waals surface area contributed by atoms with Crippen molar-refractivity contribution in [2.24, 2.45) is 0 Å². The Balaban J connectivity index is 0.00000116. The minimum absolute atomic E-state index is 0.0250. The zero-order chi connectivity index (χ0) is 42.5. The number of thioether (sulfide) groups is 2. The largest absolute Gasteiger partial charge is 0.468 e. The van der Waals surface area contributed by atoms with Crippen LogP contribution in [0.4, 0.5) is 5.95 Å². The molecule has 334 valence electrons. The van der Waals surface area contributed by atoms with E-state index in [-0.39, 0.29) is 56.6 Å². The molecule has 1 aromatic rings. The van der Waals surface area contributed by atoms with Crippen molar-refractivity contribution in [3.63, 3.8) is 0 Å². The molecule has 4 atom stereocenters. The van der Waals surface area contributed by atoms with Gasteiger partial charge in [0.1, 0.15) is 24.2 Å². The van der Waals surface area contributed by atoms with Crippen LogP contribution >= 0.6 is 45.1 Å². The maximum absolute atomic E-state index is 11.4. The molecule has 16 nitrogen and oxygen atoms in total. The van der Waals surface area contributed by atoms with Gasteiger partial charge in [0.05, 0.1) is 65.1 Å². The van der Waals surface area contributed by atoms with E-state index in [1.54, 1.807) is 0 Å². The van der Waals surface area contributed by atoms with E-state index >= 15 is 0 Å². The normalized spacial score (nSPS) is 13.3. The quantitative estimate of drug-likeness (QED) is 0.0320. The fraction of sp³-hybridized carbons (Fsp3) is 0.865. The van der Waals surface area contributed by atoms with Crippen molar-refractivity contribution in [1.29, 1.82) is 0 Å². The summed E-state index contributed by atoms with van der Waals surface area (Å²) in [5.74, 6) is 0.595. The molecule has 1 aromatic heterocycles. The topological polar surface area (TPSA) is 212 Å². The second kappa shape index (κ2) is 39.0. The van der Waals surface area contributed by atoms with Crippen LogP contribution in [0, 0.1) is 0 Å². The van der Waals surface area contributed by atoms with Gasteiger partial charge in [-0.3, -0.25) is 9.59 Å². The summed E-state index contributed by atoms with van der Waals surface area (Å²) in [5, 5.41) is 39.9. The van der Waals surface area contributed by atoms with E-state index in [2.05, 4.69) is 38.4 Å². The van der Waals surface area contributed by atoms with Crippen molar-refractivity contribution in [2.45, 2.75) is 114 Å². The number of nitrogens with zero attached hydrogens (tertiary/aromatic N) is 4. The van der Waals surface area contributed by atoms with Gasteiger partial charge in [-0.25, -0.2) is 0 Å². The molecule has 0 fully saturated rings. The lowest BCUT2D eigenvalue weighted by Crippen LogP contribution is -2.28. The third kappa shape index (κ3) is 33.3. The molecule has 0 aromatic carbocycles. The summed E-state index contributed by atoms with van der Waals surface area (Å²) in [4.78, 5) is 38.3. The van der Waals surface area contributed by atoms with Crippen LogP contribution in [0.25, 0.3) is 0 Å². The number of ether oxygens (including phenoxy) is 6. The molecule has 1 rings (SSSR count). The number of unbranched alkanes of at least 4 members (excludes halogenated alkanes) is 3. The number of aliphatic hydroxyl groups is 4. The number of methoxy groups -OCH3 is 1. The highest BCUT2D eigenvalue weighted by Crippen LogP contribution is 2.23. The van der Waals surface area contributed by atoms with E-state index in [0.717, 1.165) is 57.6 Å². The zero-order valence-corrected chi connectivity index (χ0v) is 38.1. The Morgan fingerprint density at radius 2 is 1.12 bits per heavy atom. The van der Waals surface area contributed by atoms with Crippen LogP contribution < -0.4 is 4.90 Å². The van der Waals surface area contributed by atoms with Crippen molar-refractivity contribution in [3.05, 3.63) is 0 Å². The molecule has 0 aliphatic rings. The van der Waals surface area contributed by atoms with Crippen LogP contribution in [-0.4, -0.2) is 175 Å². The van der Waals surface area contributed by atoms with E-state index < -0.39 is 24.3 Å². The molecule has 1 heterocycles. The summed E-state index contributed by atoms with van der Waals surface area (Å²) >= 11 is 2.95. The predicted octanol–water partition coefficient (Wildman–Crippen LogP) is 4.29. The molecule has 4 unspecified atom stereocenters. The van der Waals surface area contributed by atoms with Crippen molar-refractivity contribution in [1.82, 2.24) is 15.0 Å². The number of aromatic nitrogens is 3. The Kier molecular flexibility index (Phi) is 38.2. The van der Waals surface area contributed by atoms with Crippen molar-refractivity contribution in [3.8, 4) is 0 Å². The predicted molar refractivity (Wildman–Crippen MR) is 229 cm³/mol. The highest BCUT2D eigenvalue weighted by Gasteiger charge is 2.15. The monoisotopic (exact) mass is 890 g/mol. The van der Waals surface area contributed by atoms with Gasteiger partial charge in [0.25, 0.3) is 0 Å². The third-order valence-corrected chi connectivity index (χ3v) is 11.1. The first-order valence-electron chi connectivity index (χ1n) is 19.7. The van der Waals surface area contributed by atoms with E-state index in [4.69, 9.17) is 23.7 Å². The number of esters is 2. The van der Waals surface area contributed by atoms with Gasteiger partial charge in [0.15, 0.2) is 10.3 Å². The second-order valence-electron chi connectivity index (χ2n) is 12.6. The molecule has 0 bridgehead atoms. The lowest BCUT2D eigenvalue weighted by molar-refractivity contribution is -0.144. The van der Waals surface area contributed by atoms with E-state index in [1.165, 1.54) is 52.2 Å². The number of rotatable bonds is 36. The van der Waals surface area contributed by atoms with Gasteiger partial charge < -0.3 is 53.7 Å². The highest BCUT2D eigenvalue weighted by atomic mass is 33.1. The summed E-state index contributed by atoms with van der Waals surface area (Å²) < 4.78 is 30.7. The van der Waals surface area contributed by atoms with Crippen molar-refractivity contribution in [2.75, 3.05) is 108 Å². The Hall–Kier alpha value is -1.17. The summed E-state index contributed by atoms with van der Waals surface area (Å²) in [6, 6.07) is 0. The SMILES string of the molecule is CCC(O)COCCOCC(O)COC(=O)CSSCC(=O)OC.CCCCN(CCCC)c1nc(SC)nc(SCC(O)COCCCCOCC(O)CC)n1. The first kappa shape index (κ1) is 55.8. The first-order valence-corrected chi connectivity index (χ1v) is 24.4. The van der Waals surface area contributed by atoms with Gasteiger partial charge in [0, 0.05) is 32.1 Å². The molecule has 20 heteroatoms. The third-order valence-electron chi connectivity index (χ3n) is 7.50. The molecule has 57 heavy (non-hydrogen) atoms. The standard InChI is InChI=1S/C23H44N4O4S2.C14H26O8S2/c1-5-8-12-27(13-9-6-2)21-24-22(32-4)26-23(25-21)33-18-20(29)17-31-15-11-10-14-30-16-19(28)7-3;1-3-11(15)6-20-4-5-21-7-12(16)8-22-14(18)10-24-23-9-13(17)19-2/h19-20,28-29H,5-18H2,1-4H3;11-12,15-16H,3-10H2,1-2H3. The van der Waals surface area contributed by atoms with Gasteiger partial charge in [-0.15, -0.1) is 0 Å². The van der Waals surface area contributed by atoms with Gasteiger partial charge in [-0.05, 0) is 44.8 Å². The molecular weight excluding hydrogens is 821 g/mol. The number of hydrogen-bond acceptors (Lipinski definition) is 20. The molecular formula is C37H70N4O12S4. The molecule has 0 aliphatic carbocycles. The summed E-state index contributed by atoms with van der Waals surface area (Å²) in [6.07, 6.45) is 7.17. The number of carbonyl (C=O) groups is 2. The van der Waals surface area contributed by atoms with E-state index in [0.29, 0.717) is 55.3 Å². The maximum atomic E-state index is 11.4. The second-order valence-corrected chi connectivity index (χ2v) is 16.9. The Morgan fingerprint density at radius 3 is 1.63 bits per heavy atom. The average Bonchev–Trinajstić information content (AvgIpc) is 3.22. The van der Waals surface area contributed by atoms with Crippen LogP contribution in [0.2, 0.25) is 0 Å². The highest BCUT2D eigenvalue weighted by molar-refractivity contribution is 8.77. The summed E-state index contributed by atoms with van der Waals surface area (Å²) in [5.41, 5.74) is 0. The molecule has 0 saturated carbocycles. The Bertz CT molecular complexity index is 1120. The number of aliphatic hydroxyl groups excluding tert-OH is 4. The van der Waals surface area contributed by atoms with Crippen LogP contribution in [0.5, 0.6) is 0 Å². The van der Waals surface area contributed by atoms with Crippen molar-refractivity contribution < 1.29 is 58.4 Å². The van der Waals surface area contributed by atoms with Crippen LogP contribution in [-0.2, 0) is 38.0 Å². The molecule has 0 aliphatic heterocycles. The molecule has 4 N–H and O–H groups in total. The minimum Gasteiger partial charge on any atom is -0.468 e. The molecule has 0 saturated heterocycles. The Morgan fingerprint density at radius 1 is 0.632 bits per heavy atom. The lowest BCUT2D eigenvalue weighted by Gasteiger charge is -2.23. The lowest BCUT2D eigenvalue weighted by atomic mass is 10.3. The summed E-state index contributed by atoms with van der Waals surface area (Å²) in [7, 11) is 3.67. The zero-order valence-electron chi connectivity index (χ0n) is 34.8. The maximum Gasteiger partial charge on any atom is 0.316 e. The molecule has 0 spiro atoms. The Labute approximate surface area is 356 Å². The number of carbonyl (C=O) groups excluding carboxylic acids is 2.